The molecular weight excluding hydrogens is 280 g/mol. The molecule has 1 unspecified atom stereocenters. The number of benzene rings is 1. The van der Waals surface area contributed by atoms with Gasteiger partial charge in [0, 0.05) is 6.07 Å². The highest BCUT2D eigenvalue weighted by molar-refractivity contribution is 5.86. The Bertz CT molecular complexity index is 619. The molecule has 1 atom stereocenters. The van der Waals surface area contributed by atoms with E-state index in [1.165, 1.54) is 25.3 Å². The lowest BCUT2D eigenvalue weighted by Gasteiger charge is -2.16. The van der Waals surface area contributed by atoms with Crippen LogP contribution in [0.15, 0.2) is 34.7 Å². The standard InChI is InChI=1S/C15H15F2NO3/c1-3-18-14(9-6-10(16)8-11(17)7-9)12-4-5-13(21-12)15(19)20-2/h4-8,14,18H,3H2,1-2H3. The van der Waals surface area contributed by atoms with Crippen LogP contribution in [-0.4, -0.2) is 19.6 Å². The lowest BCUT2D eigenvalue weighted by Crippen LogP contribution is -2.21. The Morgan fingerprint density at radius 3 is 2.52 bits per heavy atom. The van der Waals surface area contributed by atoms with Crippen LogP contribution in [0.3, 0.4) is 0 Å². The van der Waals surface area contributed by atoms with Gasteiger partial charge in [0.2, 0.25) is 5.76 Å². The summed E-state index contributed by atoms with van der Waals surface area (Å²) in [5.41, 5.74) is 0.375. The molecule has 1 aromatic carbocycles. The number of ether oxygens (including phenoxy) is 1. The number of hydrogen-bond acceptors (Lipinski definition) is 4. The van der Waals surface area contributed by atoms with E-state index in [9.17, 15) is 13.6 Å². The van der Waals surface area contributed by atoms with E-state index in [1.54, 1.807) is 6.07 Å². The van der Waals surface area contributed by atoms with Gasteiger partial charge in [-0.3, -0.25) is 0 Å². The zero-order chi connectivity index (χ0) is 15.4. The molecule has 0 aliphatic carbocycles. The van der Waals surface area contributed by atoms with Gasteiger partial charge >= 0.3 is 5.97 Å². The highest BCUT2D eigenvalue weighted by Gasteiger charge is 2.20. The first-order chi connectivity index (χ1) is 10.0. The predicted molar refractivity (Wildman–Crippen MR) is 71.9 cm³/mol. The first-order valence-electron chi connectivity index (χ1n) is 6.42. The summed E-state index contributed by atoms with van der Waals surface area (Å²) in [6, 6.07) is 5.71. The van der Waals surface area contributed by atoms with Crippen molar-refractivity contribution >= 4 is 5.97 Å². The van der Waals surface area contributed by atoms with Gasteiger partial charge in [-0.15, -0.1) is 0 Å². The third-order valence-corrected chi connectivity index (χ3v) is 2.92. The lowest BCUT2D eigenvalue weighted by atomic mass is 10.0. The molecule has 112 valence electrons. The van der Waals surface area contributed by atoms with Crippen LogP contribution >= 0.6 is 0 Å². The number of nitrogens with one attached hydrogen (secondary N) is 1. The normalized spacial score (nSPS) is 12.2. The van der Waals surface area contributed by atoms with E-state index < -0.39 is 23.6 Å². The van der Waals surface area contributed by atoms with Gasteiger partial charge in [-0.05, 0) is 36.4 Å². The Hall–Kier alpha value is -2.21. The first-order valence-corrected chi connectivity index (χ1v) is 6.42. The van der Waals surface area contributed by atoms with Gasteiger partial charge in [-0.1, -0.05) is 6.92 Å². The van der Waals surface area contributed by atoms with Gasteiger partial charge in [0.1, 0.15) is 17.4 Å². The van der Waals surface area contributed by atoms with Crippen LogP contribution in [-0.2, 0) is 4.74 Å². The molecular formula is C15H15F2NO3. The van der Waals surface area contributed by atoms with Crippen molar-refractivity contribution in [1.29, 1.82) is 0 Å². The van der Waals surface area contributed by atoms with E-state index >= 15 is 0 Å². The highest BCUT2D eigenvalue weighted by atomic mass is 19.1. The second-order valence-corrected chi connectivity index (χ2v) is 4.39. The smallest absolute Gasteiger partial charge is 0.373 e. The predicted octanol–water partition coefficient (Wildman–Crippen LogP) is 3.04. The second-order valence-electron chi connectivity index (χ2n) is 4.39. The minimum Gasteiger partial charge on any atom is -0.463 e. The molecule has 0 saturated carbocycles. The van der Waals surface area contributed by atoms with Crippen LogP contribution in [0.2, 0.25) is 0 Å². The van der Waals surface area contributed by atoms with Gasteiger partial charge in [-0.25, -0.2) is 13.6 Å². The molecule has 0 spiro atoms. The Balaban J connectivity index is 2.38. The van der Waals surface area contributed by atoms with E-state index in [0.717, 1.165) is 6.07 Å². The Morgan fingerprint density at radius 2 is 1.95 bits per heavy atom. The number of halogens is 2. The molecule has 0 bridgehead atoms. The third kappa shape index (κ3) is 3.46. The molecule has 1 heterocycles. The summed E-state index contributed by atoms with van der Waals surface area (Å²) < 4.78 is 36.7. The fourth-order valence-corrected chi connectivity index (χ4v) is 2.05. The van der Waals surface area contributed by atoms with Gasteiger partial charge in [-0.2, -0.15) is 0 Å². The monoisotopic (exact) mass is 295 g/mol. The summed E-state index contributed by atoms with van der Waals surface area (Å²) in [6.07, 6.45) is 0. The SMILES string of the molecule is CCNC(c1cc(F)cc(F)c1)c1ccc(C(=O)OC)o1. The van der Waals surface area contributed by atoms with Crippen LogP contribution in [0.5, 0.6) is 0 Å². The first kappa shape index (κ1) is 15.2. The van der Waals surface area contributed by atoms with E-state index in [0.29, 0.717) is 17.9 Å². The maximum absolute atomic E-state index is 13.4. The molecule has 0 amide bonds. The summed E-state index contributed by atoms with van der Waals surface area (Å²) in [4.78, 5) is 11.4. The zero-order valence-corrected chi connectivity index (χ0v) is 11.7. The summed E-state index contributed by atoms with van der Waals surface area (Å²) in [5, 5.41) is 3.06. The van der Waals surface area contributed by atoms with E-state index in [4.69, 9.17) is 4.42 Å². The number of methoxy groups -OCH3 is 1. The Labute approximate surface area is 120 Å². The number of furan rings is 1. The van der Waals surface area contributed by atoms with Crippen molar-refractivity contribution < 1.29 is 22.7 Å². The molecule has 0 aliphatic heterocycles. The second kappa shape index (κ2) is 6.49. The van der Waals surface area contributed by atoms with Crippen molar-refractivity contribution in [2.45, 2.75) is 13.0 Å². The van der Waals surface area contributed by atoms with Crippen LogP contribution in [0.25, 0.3) is 0 Å². The molecule has 2 aromatic rings. The maximum Gasteiger partial charge on any atom is 0.373 e. The van der Waals surface area contributed by atoms with E-state index in [1.807, 2.05) is 6.92 Å². The zero-order valence-electron chi connectivity index (χ0n) is 11.7. The molecule has 0 saturated heterocycles. The van der Waals surface area contributed by atoms with Gasteiger partial charge < -0.3 is 14.5 Å². The molecule has 0 radical (unpaired) electrons. The molecule has 0 fully saturated rings. The molecule has 4 nitrogen and oxygen atoms in total. The molecule has 2 rings (SSSR count). The summed E-state index contributed by atoms with van der Waals surface area (Å²) in [5.74, 6) is -1.54. The number of carbonyl (C=O) groups excluding carboxylic acids is 1. The van der Waals surface area contributed by atoms with Gasteiger partial charge in [0.15, 0.2) is 0 Å². The number of hydrogen-bond donors (Lipinski definition) is 1. The average molecular weight is 295 g/mol. The minimum absolute atomic E-state index is 0.0345. The molecule has 1 N–H and O–H groups in total. The summed E-state index contributed by atoms with van der Waals surface area (Å²) >= 11 is 0. The Kier molecular flexibility index (Phi) is 4.70. The molecule has 21 heavy (non-hydrogen) atoms. The number of carbonyl (C=O) groups is 1. The van der Waals surface area contributed by atoms with Gasteiger partial charge in [0.25, 0.3) is 0 Å². The van der Waals surface area contributed by atoms with E-state index in [2.05, 4.69) is 10.1 Å². The van der Waals surface area contributed by atoms with Crippen molar-refractivity contribution in [1.82, 2.24) is 5.32 Å². The van der Waals surface area contributed by atoms with Crippen LogP contribution in [0.4, 0.5) is 8.78 Å². The third-order valence-electron chi connectivity index (χ3n) is 2.92. The number of esters is 1. The molecule has 0 aliphatic rings. The molecule has 1 aromatic heterocycles. The van der Waals surface area contributed by atoms with Crippen molar-refractivity contribution in [3.63, 3.8) is 0 Å². The topological polar surface area (TPSA) is 51.5 Å². The lowest BCUT2D eigenvalue weighted by molar-refractivity contribution is 0.0562. The minimum atomic E-state index is -0.673. The highest BCUT2D eigenvalue weighted by Crippen LogP contribution is 2.25. The van der Waals surface area contributed by atoms with Crippen molar-refractivity contribution in [3.8, 4) is 0 Å². The number of rotatable bonds is 5. The fourth-order valence-electron chi connectivity index (χ4n) is 2.05. The maximum atomic E-state index is 13.4. The van der Waals surface area contributed by atoms with Crippen LogP contribution in [0.1, 0.15) is 34.8 Å². The summed E-state index contributed by atoms with van der Waals surface area (Å²) in [6.45, 7) is 2.41. The van der Waals surface area contributed by atoms with E-state index in [-0.39, 0.29) is 5.76 Å². The van der Waals surface area contributed by atoms with Crippen LogP contribution < -0.4 is 5.32 Å². The quantitative estimate of drug-likeness (QED) is 0.861. The van der Waals surface area contributed by atoms with Crippen molar-refractivity contribution in [2.24, 2.45) is 0 Å². The summed E-state index contributed by atoms with van der Waals surface area (Å²) in [7, 11) is 1.24. The fraction of sp³-hybridized carbons (Fsp3) is 0.267. The van der Waals surface area contributed by atoms with Gasteiger partial charge in [0.05, 0.1) is 13.2 Å². The Morgan fingerprint density at radius 1 is 1.29 bits per heavy atom. The average Bonchev–Trinajstić information content (AvgIpc) is 2.92. The molecule has 6 heteroatoms. The van der Waals surface area contributed by atoms with Crippen LogP contribution in [0, 0.1) is 11.6 Å². The largest absolute Gasteiger partial charge is 0.463 e. The van der Waals surface area contributed by atoms with Crippen molar-refractivity contribution in [2.75, 3.05) is 13.7 Å². The van der Waals surface area contributed by atoms with Crippen molar-refractivity contribution in [3.05, 3.63) is 59.1 Å².